The van der Waals surface area contributed by atoms with Crippen LogP contribution in [0.1, 0.15) is 57.0 Å². The quantitative estimate of drug-likeness (QED) is 0.930. The third kappa shape index (κ3) is 2.75. The zero-order valence-electron chi connectivity index (χ0n) is 14.4. The SMILES string of the molecule is CC(C)(C)[C@@H]1OCC[C@H]1c1noc(-c2cn[nH]c2C2CCOC2)n1. The molecule has 2 aromatic heterocycles. The minimum atomic E-state index is 0.0456. The first-order valence-electron chi connectivity index (χ1n) is 8.60. The van der Waals surface area contributed by atoms with Crippen LogP contribution in [0, 0.1) is 5.41 Å². The lowest BCUT2D eigenvalue weighted by Crippen LogP contribution is -2.30. The zero-order valence-corrected chi connectivity index (χ0v) is 14.4. The molecule has 4 rings (SSSR count). The lowest BCUT2D eigenvalue weighted by atomic mass is 9.81. The van der Waals surface area contributed by atoms with E-state index in [9.17, 15) is 0 Å². The fraction of sp³-hybridized carbons (Fsp3) is 0.706. The van der Waals surface area contributed by atoms with Crippen LogP contribution in [0.2, 0.25) is 0 Å². The Labute approximate surface area is 141 Å². The van der Waals surface area contributed by atoms with Gasteiger partial charge in [-0.15, -0.1) is 0 Å². The van der Waals surface area contributed by atoms with Gasteiger partial charge in [0.25, 0.3) is 5.89 Å². The standard InChI is InChI=1S/C17H24N4O3/c1-17(2,3)14-11(5-7-23-14)15-19-16(24-21-15)12-8-18-20-13(12)10-4-6-22-9-10/h8,10-11,14H,4-7,9H2,1-3H3,(H,18,20)/t10?,11-,14-/m1/s1. The molecule has 2 fully saturated rings. The number of nitrogens with zero attached hydrogens (tertiary/aromatic N) is 3. The van der Waals surface area contributed by atoms with Crippen molar-refractivity contribution in [3.63, 3.8) is 0 Å². The molecule has 0 bridgehead atoms. The van der Waals surface area contributed by atoms with Crippen molar-refractivity contribution in [2.75, 3.05) is 19.8 Å². The van der Waals surface area contributed by atoms with E-state index in [4.69, 9.17) is 14.0 Å². The van der Waals surface area contributed by atoms with E-state index in [1.54, 1.807) is 6.20 Å². The third-order valence-corrected chi connectivity index (χ3v) is 4.96. The molecule has 0 aromatic carbocycles. The highest BCUT2D eigenvalue weighted by molar-refractivity contribution is 5.56. The summed E-state index contributed by atoms with van der Waals surface area (Å²) in [6.07, 6.45) is 3.78. The maximum Gasteiger partial charge on any atom is 0.261 e. The Balaban J connectivity index is 1.61. The van der Waals surface area contributed by atoms with Gasteiger partial charge in [-0.2, -0.15) is 10.1 Å². The van der Waals surface area contributed by atoms with Crippen LogP contribution in [0.5, 0.6) is 0 Å². The molecule has 0 aliphatic carbocycles. The van der Waals surface area contributed by atoms with Gasteiger partial charge < -0.3 is 14.0 Å². The Morgan fingerprint density at radius 3 is 2.83 bits per heavy atom. The molecule has 2 aromatic rings. The second kappa shape index (κ2) is 5.97. The number of aromatic amines is 1. The smallest absolute Gasteiger partial charge is 0.261 e. The van der Waals surface area contributed by atoms with Crippen molar-refractivity contribution < 1.29 is 14.0 Å². The van der Waals surface area contributed by atoms with Gasteiger partial charge in [0.1, 0.15) is 0 Å². The van der Waals surface area contributed by atoms with Crippen LogP contribution in [0.4, 0.5) is 0 Å². The lowest BCUT2D eigenvalue weighted by molar-refractivity contribution is 0.0193. The molecule has 7 nitrogen and oxygen atoms in total. The monoisotopic (exact) mass is 332 g/mol. The average molecular weight is 332 g/mol. The second-order valence-corrected chi connectivity index (χ2v) is 7.77. The van der Waals surface area contributed by atoms with Gasteiger partial charge in [-0.25, -0.2) is 0 Å². The van der Waals surface area contributed by atoms with Crippen molar-refractivity contribution >= 4 is 0 Å². The Bertz CT molecular complexity index is 697. The number of rotatable bonds is 3. The second-order valence-electron chi connectivity index (χ2n) is 7.77. The van der Waals surface area contributed by atoms with Gasteiger partial charge in [-0.05, 0) is 18.3 Å². The number of nitrogens with one attached hydrogen (secondary N) is 1. The average Bonchev–Trinajstić information content (AvgIpc) is 3.30. The van der Waals surface area contributed by atoms with Crippen LogP contribution in [-0.4, -0.2) is 46.3 Å². The molecule has 1 N–H and O–H groups in total. The van der Waals surface area contributed by atoms with Gasteiger partial charge in [0.05, 0.1) is 36.1 Å². The van der Waals surface area contributed by atoms with Crippen LogP contribution in [0.15, 0.2) is 10.7 Å². The van der Waals surface area contributed by atoms with Gasteiger partial charge >= 0.3 is 0 Å². The number of aromatic nitrogens is 4. The summed E-state index contributed by atoms with van der Waals surface area (Å²) >= 11 is 0. The van der Waals surface area contributed by atoms with Crippen LogP contribution in [0.25, 0.3) is 11.5 Å². The maximum absolute atomic E-state index is 5.93. The van der Waals surface area contributed by atoms with Crippen molar-refractivity contribution in [2.45, 2.75) is 51.6 Å². The van der Waals surface area contributed by atoms with E-state index < -0.39 is 0 Å². The van der Waals surface area contributed by atoms with E-state index in [0.717, 1.165) is 43.1 Å². The van der Waals surface area contributed by atoms with Gasteiger partial charge in [-0.1, -0.05) is 25.9 Å². The Hall–Kier alpha value is -1.73. The van der Waals surface area contributed by atoms with Gasteiger partial charge in [0.2, 0.25) is 0 Å². The predicted molar refractivity (Wildman–Crippen MR) is 86.6 cm³/mol. The van der Waals surface area contributed by atoms with Crippen LogP contribution < -0.4 is 0 Å². The molecule has 2 aliphatic heterocycles. The van der Waals surface area contributed by atoms with Crippen molar-refractivity contribution in [2.24, 2.45) is 5.41 Å². The van der Waals surface area contributed by atoms with Gasteiger partial charge in [0.15, 0.2) is 5.82 Å². The molecule has 0 amide bonds. The zero-order chi connectivity index (χ0) is 16.7. The topological polar surface area (TPSA) is 86.1 Å². The molecule has 0 spiro atoms. The lowest BCUT2D eigenvalue weighted by Gasteiger charge is -2.29. The third-order valence-electron chi connectivity index (χ3n) is 4.96. The molecular weight excluding hydrogens is 308 g/mol. The number of H-pyrrole nitrogens is 1. The number of ether oxygens (including phenoxy) is 2. The molecule has 24 heavy (non-hydrogen) atoms. The van der Waals surface area contributed by atoms with Crippen molar-refractivity contribution in [1.29, 1.82) is 0 Å². The van der Waals surface area contributed by atoms with Crippen molar-refractivity contribution in [3.05, 3.63) is 17.7 Å². The van der Waals surface area contributed by atoms with Crippen molar-refractivity contribution in [1.82, 2.24) is 20.3 Å². The summed E-state index contributed by atoms with van der Waals surface area (Å²) in [6, 6.07) is 0. The first kappa shape index (κ1) is 15.8. The minimum absolute atomic E-state index is 0.0456. The summed E-state index contributed by atoms with van der Waals surface area (Å²) in [4.78, 5) is 4.67. The van der Waals surface area contributed by atoms with E-state index in [1.807, 2.05) is 0 Å². The van der Waals surface area contributed by atoms with Gasteiger partial charge in [0, 0.05) is 19.1 Å². The minimum Gasteiger partial charge on any atom is -0.381 e. The van der Waals surface area contributed by atoms with E-state index in [-0.39, 0.29) is 17.4 Å². The van der Waals surface area contributed by atoms with Crippen molar-refractivity contribution in [3.8, 4) is 11.5 Å². The highest BCUT2D eigenvalue weighted by Gasteiger charge is 2.40. The number of hydrogen-bond donors (Lipinski definition) is 1. The Kier molecular flexibility index (Phi) is 3.92. The van der Waals surface area contributed by atoms with E-state index in [1.165, 1.54) is 0 Å². The molecule has 1 unspecified atom stereocenters. The molecule has 2 aliphatic rings. The Morgan fingerprint density at radius 1 is 1.21 bits per heavy atom. The summed E-state index contributed by atoms with van der Waals surface area (Å²) in [6.45, 7) is 8.79. The maximum atomic E-state index is 5.93. The summed E-state index contributed by atoms with van der Waals surface area (Å²) < 4.78 is 17.0. The molecule has 4 heterocycles. The first-order chi connectivity index (χ1) is 11.5. The summed E-state index contributed by atoms with van der Waals surface area (Å²) in [5, 5.41) is 11.5. The van der Waals surface area contributed by atoms with Gasteiger partial charge in [-0.3, -0.25) is 5.10 Å². The molecular formula is C17H24N4O3. The first-order valence-corrected chi connectivity index (χ1v) is 8.60. The highest BCUT2D eigenvalue weighted by atomic mass is 16.5. The van der Waals surface area contributed by atoms with Crippen LogP contribution >= 0.6 is 0 Å². The highest BCUT2D eigenvalue weighted by Crippen LogP contribution is 2.40. The predicted octanol–water partition coefficient (Wildman–Crippen LogP) is 2.88. The largest absolute Gasteiger partial charge is 0.381 e. The molecule has 0 saturated carbocycles. The molecule has 130 valence electrons. The summed E-state index contributed by atoms with van der Waals surface area (Å²) in [5.41, 5.74) is 1.96. The normalized spacial score (nSPS) is 27.9. The summed E-state index contributed by atoms with van der Waals surface area (Å²) in [7, 11) is 0. The van der Waals surface area contributed by atoms with E-state index >= 15 is 0 Å². The fourth-order valence-electron chi connectivity index (χ4n) is 3.74. The van der Waals surface area contributed by atoms with Crippen LogP contribution in [-0.2, 0) is 9.47 Å². The molecule has 2 saturated heterocycles. The Morgan fingerprint density at radius 2 is 2.08 bits per heavy atom. The van der Waals surface area contributed by atoms with E-state index in [2.05, 4.69) is 41.1 Å². The molecule has 0 radical (unpaired) electrons. The van der Waals surface area contributed by atoms with Crippen LogP contribution in [0.3, 0.4) is 0 Å². The molecule has 3 atom stereocenters. The molecule has 7 heteroatoms. The van der Waals surface area contributed by atoms with E-state index in [0.29, 0.717) is 18.4 Å². The number of hydrogen-bond acceptors (Lipinski definition) is 6. The summed E-state index contributed by atoms with van der Waals surface area (Å²) in [5.74, 6) is 1.75. The fourth-order valence-corrected chi connectivity index (χ4v) is 3.74.